The van der Waals surface area contributed by atoms with Gasteiger partial charge in [-0.25, -0.2) is 10.1 Å². The average molecular weight is 464 g/mol. The molecule has 5 rings (SSSR count). The number of thiophene rings is 1. The molecule has 4 heterocycles. The zero-order valence-electron chi connectivity index (χ0n) is 17.2. The zero-order chi connectivity index (χ0) is 21.7. The van der Waals surface area contributed by atoms with E-state index < -0.39 is 0 Å². The standard InChI is InChI=1S/C22H17N7OS.ClH/c1-11-5-15-16(7-23)20(31-22(15)25-9-11)19-17(10-26-29(19)2)12-3-4-13-14(6-12)18(8-24)27-28-21(13)30;/h3-6,9-10H,8,24H2,1-2H3,(H,28,30);1H. The van der Waals surface area contributed by atoms with Gasteiger partial charge < -0.3 is 5.73 Å². The summed E-state index contributed by atoms with van der Waals surface area (Å²) in [6.45, 7) is 2.16. The monoisotopic (exact) mass is 463 g/mol. The predicted octanol–water partition coefficient (Wildman–Crippen LogP) is 3.66. The van der Waals surface area contributed by atoms with Crippen molar-refractivity contribution in [3.8, 4) is 27.8 Å². The molecule has 0 unspecified atom stereocenters. The summed E-state index contributed by atoms with van der Waals surface area (Å²) in [7, 11) is 1.85. The minimum absolute atomic E-state index is 0. The molecule has 5 aromatic rings. The molecular formula is C22H18ClN7OS. The summed E-state index contributed by atoms with van der Waals surface area (Å²) in [6.07, 6.45) is 3.57. The minimum Gasteiger partial charge on any atom is -0.325 e. The van der Waals surface area contributed by atoms with Crippen molar-refractivity contribution in [2.24, 2.45) is 12.8 Å². The highest BCUT2D eigenvalue weighted by Crippen LogP contribution is 2.42. The van der Waals surface area contributed by atoms with E-state index in [9.17, 15) is 10.1 Å². The smallest absolute Gasteiger partial charge is 0.272 e. The first kappa shape index (κ1) is 21.6. The molecule has 4 aromatic heterocycles. The maximum absolute atomic E-state index is 12.2. The number of H-pyrrole nitrogens is 1. The van der Waals surface area contributed by atoms with Gasteiger partial charge in [0.1, 0.15) is 10.9 Å². The molecule has 0 amide bonds. The van der Waals surface area contributed by atoms with Gasteiger partial charge in [0.15, 0.2) is 0 Å². The van der Waals surface area contributed by atoms with E-state index >= 15 is 0 Å². The van der Waals surface area contributed by atoms with Crippen molar-refractivity contribution in [3.63, 3.8) is 0 Å². The molecule has 10 heteroatoms. The Bertz CT molecular complexity index is 1590. The first-order chi connectivity index (χ1) is 15.0. The van der Waals surface area contributed by atoms with Gasteiger partial charge in [0.2, 0.25) is 0 Å². The average Bonchev–Trinajstić information content (AvgIpc) is 3.33. The number of pyridine rings is 1. The van der Waals surface area contributed by atoms with Crippen LogP contribution in [0.2, 0.25) is 0 Å². The van der Waals surface area contributed by atoms with E-state index in [2.05, 4.69) is 26.3 Å². The molecule has 0 fully saturated rings. The molecule has 32 heavy (non-hydrogen) atoms. The zero-order valence-corrected chi connectivity index (χ0v) is 18.8. The Labute approximate surface area is 192 Å². The Kier molecular flexibility index (Phi) is 5.52. The second-order valence-electron chi connectivity index (χ2n) is 7.28. The fourth-order valence-corrected chi connectivity index (χ4v) is 4.99. The molecule has 3 N–H and O–H groups in total. The summed E-state index contributed by atoms with van der Waals surface area (Å²) in [5.74, 6) is 0. The highest BCUT2D eigenvalue weighted by Gasteiger charge is 2.22. The fraction of sp³-hybridized carbons (Fsp3) is 0.136. The fourth-order valence-electron chi connectivity index (χ4n) is 3.83. The molecule has 8 nitrogen and oxygen atoms in total. The van der Waals surface area contributed by atoms with Gasteiger partial charge in [-0.2, -0.15) is 15.5 Å². The van der Waals surface area contributed by atoms with Crippen LogP contribution in [0, 0.1) is 18.3 Å². The van der Waals surface area contributed by atoms with Gasteiger partial charge in [-0.15, -0.1) is 23.7 Å². The highest BCUT2D eigenvalue weighted by atomic mass is 35.5. The molecule has 0 saturated carbocycles. The quantitative estimate of drug-likeness (QED) is 0.420. The molecule has 0 aliphatic heterocycles. The van der Waals surface area contributed by atoms with Gasteiger partial charge in [-0.1, -0.05) is 6.07 Å². The summed E-state index contributed by atoms with van der Waals surface area (Å²) in [5.41, 5.74) is 10.3. The van der Waals surface area contributed by atoms with Crippen LogP contribution in [-0.4, -0.2) is 25.0 Å². The van der Waals surface area contributed by atoms with Crippen LogP contribution >= 0.6 is 23.7 Å². The van der Waals surface area contributed by atoms with Crippen molar-refractivity contribution in [2.45, 2.75) is 13.5 Å². The summed E-state index contributed by atoms with van der Waals surface area (Å²) < 4.78 is 1.76. The largest absolute Gasteiger partial charge is 0.325 e. The Morgan fingerprint density at radius 1 is 1.22 bits per heavy atom. The Morgan fingerprint density at radius 3 is 2.78 bits per heavy atom. The Hall–Kier alpha value is -3.58. The van der Waals surface area contributed by atoms with Crippen LogP contribution in [0.1, 0.15) is 16.8 Å². The van der Waals surface area contributed by atoms with Crippen LogP contribution < -0.4 is 11.3 Å². The number of nitrogens with zero attached hydrogens (tertiary/aromatic N) is 5. The molecule has 0 bridgehead atoms. The van der Waals surface area contributed by atoms with Crippen LogP contribution in [0.3, 0.4) is 0 Å². The third-order valence-corrected chi connectivity index (χ3v) is 6.44. The van der Waals surface area contributed by atoms with E-state index in [1.807, 2.05) is 32.2 Å². The molecule has 160 valence electrons. The number of nitrogens with two attached hydrogens (primary N) is 1. The number of aryl methyl sites for hydroxylation is 2. The third kappa shape index (κ3) is 3.26. The lowest BCUT2D eigenvalue weighted by atomic mass is 10.00. The van der Waals surface area contributed by atoms with Crippen LogP contribution in [0.15, 0.2) is 41.5 Å². The molecule has 0 radical (unpaired) electrons. The van der Waals surface area contributed by atoms with E-state index in [1.54, 1.807) is 23.1 Å². The highest BCUT2D eigenvalue weighted by molar-refractivity contribution is 7.22. The minimum atomic E-state index is -0.261. The summed E-state index contributed by atoms with van der Waals surface area (Å²) in [4.78, 5) is 18.3. The molecule has 0 aliphatic carbocycles. The van der Waals surface area contributed by atoms with Crippen LogP contribution in [0.5, 0.6) is 0 Å². The van der Waals surface area contributed by atoms with Crippen molar-refractivity contribution in [2.75, 3.05) is 0 Å². The lowest BCUT2D eigenvalue weighted by molar-refractivity contribution is 0.777. The maximum Gasteiger partial charge on any atom is 0.272 e. The number of nitrogens with one attached hydrogen (secondary N) is 1. The van der Waals surface area contributed by atoms with E-state index in [4.69, 9.17) is 5.73 Å². The van der Waals surface area contributed by atoms with E-state index in [0.717, 1.165) is 37.5 Å². The molecular weight excluding hydrogens is 446 g/mol. The number of nitriles is 1. The topological polar surface area (TPSA) is 126 Å². The summed E-state index contributed by atoms with van der Waals surface area (Å²) in [6, 6.07) is 9.88. The SMILES string of the molecule is Cc1cnc2sc(-c3c(-c4ccc5c(=O)[nH]nc(CN)c5c4)cnn3C)c(C#N)c2c1.Cl. The van der Waals surface area contributed by atoms with Gasteiger partial charge in [0.25, 0.3) is 5.56 Å². The number of hydrogen-bond acceptors (Lipinski definition) is 7. The molecule has 0 atom stereocenters. The molecule has 0 spiro atoms. The van der Waals surface area contributed by atoms with Gasteiger partial charge in [0, 0.05) is 36.1 Å². The van der Waals surface area contributed by atoms with Crippen molar-refractivity contribution in [3.05, 3.63) is 63.8 Å². The van der Waals surface area contributed by atoms with Gasteiger partial charge >= 0.3 is 0 Å². The van der Waals surface area contributed by atoms with E-state index in [-0.39, 0.29) is 24.5 Å². The second-order valence-corrected chi connectivity index (χ2v) is 8.28. The number of rotatable bonds is 3. The normalized spacial score (nSPS) is 10.9. The Morgan fingerprint density at radius 2 is 2.03 bits per heavy atom. The third-order valence-electron chi connectivity index (χ3n) is 5.32. The summed E-state index contributed by atoms with van der Waals surface area (Å²) >= 11 is 1.47. The van der Waals surface area contributed by atoms with Crippen molar-refractivity contribution in [1.29, 1.82) is 5.26 Å². The first-order valence-electron chi connectivity index (χ1n) is 9.55. The first-order valence-corrected chi connectivity index (χ1v) is 10.4. The van der Waals surface area contributed by atoms with Crippen LogP contribution in [-0.2, 0) is 13.6 Å². The molecule has 0 saturated heterocycles. The second kappa shape index (κ2) is 8.16. The number of fused-ring (bicyclic) bond motifs is 2. The van der Waals surface area contributed by atoms with E-state index in [1.165, 1.54) is 11.3 Å². The Balaban J connectivity index is 0.00000245. The van der Waals surface area contributed by atoms with Crippen molar-refractivity contribution < 1.29 is 0 Å². The lowest BCUT2D eigenvalue weighted by Crippen LogP contribution is -2.13. The number of hydrogen-bond donors (Lipinski definition) is 2. The molecule has 1 aromatic carbocycles. The van der Waals surface area contributed by atoms with Crippen LogP contribution in [0.4, 0.5) is 0 Å². The molecule has 0 aliphatic rings. The van der Waals surface area contributed by atoms with Gasteiger partial charge in [-0.05, 0) is 36.2 Å². The number of benzene rings is 1. The summed E-state index contributed by atoms with van der Waals surface area (Å²) in [5, 5.41) is 23.0. The van der Waals surface area contributed by atoms with Gasteiger partial charge in [0.05, 0.1) is 33.4 Å². The van der Waals surface area contributed by atoms with E-state index in [0.29, 0.717) is 22.0 Å². The number of aromatic amines is 1. The lowest BCUT2D eigenvalue weighted by Gasteiger charge is -2.08. The van der Waals surface area contributed by atoms with Crippen molar-refractivity contribution in [1.82, 2.24) is 25.0 Å². The maximum atomic E-state index is 12.2. The van der Waals surface area contributed by atoms with Gasteiger partial charge in [-0.3, -0.25) is 9.48 Å². The predicted molar refractivity (Wildman–Crippen MR) is 128 cm³/mol. The number of halogens is 1. The van der Waals surface area contributed by atoms with Crippen LogP contribution in [0.25, 0.3) is 42.7 Å². The number of aromatic nitrogens is 5. The van der Waals surface area contributed by atoms with Crippen molar-refractivity contribution >= 4 is 44.7 Å².